The molecule has 1 aromatic heterocycles. The molecule has 8 heteroatoms. The van der Waals surface area contributed by atoms with E-state index < -0.39 is 17.5 Å². The number of aromatic nitrogens is 2. The van der Waals surface area contributed by atoms with E-state index in [1.165, 1.54) is 31.4 Å². The first-order valence-electron chi connectivity index (χ1n) is 7.85. The molecule has 3 rings (SSSR count). The molecular weight excluding hydrogens is 342 g/mol. The Kier molecular flexibility index (Phi) is 4.66. The fourth-order valence-corrected chi connectivity index (χ4v) is 2.70. The summed E-state index contributed by atoms with van der Waals surface area (Å²) in [6.45, 7) is 2.14. The predicted molar refractivity (Wildman–Crippen MR) is 93.9 cm³/mol. The highest BCUT2D eigenvalue weighted by atomic mass is 19.1. The highest BCUT2D eigenvalue weighted by Gasteiger charge is 2.21. The lowest BCUT2D eigenvalue weighted by molar-refractivity contribution is 0.0951. The van der Waals surface area contributed by atoms with Gasteiger partial charge in [0.15, 0.2) is 17.3 Å². The van der Waals surface area contributed by atoms with E-state index in [0.717, 1.165) is 6.07 Å². The Bertz CT molecular complexity index is 1010. The van der Waals surface area contributed by atoms with Crippen LogP contribution in [0.5, 0.6) is 5.75 Å². The van der Waals surface area contributed by atoms with Gasteiger partial charge in [-0.05, 0) is 25.1 Å². The van der Waals surface area contributed by atoms with E-state index in [2.05, 4.69) is 15.5 Å². The van der Waals surface area contributed by atoms with Gasteiger partial charge in [-0.25, -0.2) is 8.78 Å². The van der Waals surface area contributed by atoms with E-state index >= 15 is 0 Å². The summed E-state index contributed by atoms with van der Waals surface area (Å²) in [5.41, 5.74) is 5.94. The van der Waals surface area contributed by atoms with E-state index in [0.29, 0.717) is 11.9 Å². The van der Waals surface area contributed by atoms with Gasteiger partial charge >= 0.3 is 0 Å². The van der Waals surface area contributed by atoms with E-state index in [1.54, 1.807) is 6.92 Å². The highest BCUT2D eigenvalue weighted by molar-refractivity contribution is 6.07. The fourth-order valence-electron chi connectivity index (χ4n) is 2.70. The summed E-state index contributed by atoms with van der Waals surface area (Å²) in [5.74, 6) is -1.93. The first kappa shape index (κ1) is 17.5. The zero-order chi connectivity index (χ0) is 18.8. The van der Waals surface area contributed by atoms with Gasteiger partial charge in [0, 0.05) is 23.1 Å². The van der Waals surface area contributed by atoms with Crippen LogP contribution in [0.1, 0.15) is 17.4 Å². The SMILES string of the molecule is CCNC(=O)c1nnc2c(-c3cccc(OC)c3F)c(F)ccc2c1N. The van der Waals surface area contributed by atoms with Gasteiger partial charge in [-0.15, -0.1) is 10.2 Å². The van der Waals surface area contributed by atoms with Crippen LogP contribution >= 0.6 is 0 Å². The Morgan fingerprint density at radius 2 is 2.00 bits per heavy atom. The molecule has 0 aliphatic rings. The zero-order valence-electron chi connectivity index (χ0n) is 14.1. The normalized spacial score (nSPS) is 10.8. The lowest BCUT2D eigenvalue weighted by Gasteiger charge is -2.13. The molecule has 3 N–H and O–H groups in total. The number of amides is 1. The lowest BCUT2D eigenvalue weighted by Crippen LogP contribution is -2.25. The highest BCUT2D eigenvalue weighted by Crippen LogP contribution is 2.36. The molecule has 6 nitrogen and oxygen atoms in total. The molecule has 0 aliphatic carbocycles. The number of ether oxygens (including phenoxy) is 1. The molecule has 26 heavy (non-hydrogen) atoms. The maximum absolute atomic E-state index is 14.6. The van der Waals surface area contributed by atoms with Crippen molar-refractivity contribution in [3.63, 3.8) is 0 Å². The second kappa shape index (κ2) is 6.91. The Labute approximate surface area is 148 Å². The third-order valence-corrected chi connectivity index (χ3v) is 3.93. The predicted octanol–water partition coefficient (Wildman–Crippen LogP) is 2.92. The van der Waals surface area contributed by atoms with Gasteiger partial charge in [-0.1, -0.05) is 12.1 Å². The van der Waals surface area contributed by atoms with Gasteiger partial charge in [0.05, 0.1) is 12.8 Å². The second-order valence-electron chi connectivity index (χ2n) is 5.46. The molecular formula is C18H16F2N4O2. The minimum absolute atomic E-state index is 0.0289. The number of nitrogens with zero attached hydrogens (tertiary/aromatic N) is 2. The van der Waals surface area contributed by atoms with Crippen LogP contribution in [-0.4, -0.2) is 29.8 Å². The molecule has 0 fully saturated rings. The van der Waals surface area contributed by atoms with Crippen molar-refractivity contribution in [1.29, 1.82) is 0 Å². The van der Waals surface area contributed by atoms with E-state index in [-0.39, 0.29) is 33.8 Å². The van der Waals surface area contributed by atoms with Crippen molar-refractivity contribution >= 4 is 22.5 Å². The Morgan fingerprint density at radius 1 is 1.23 bits per heavy atom. The van der Waals surface area contributed by atoms with Crippen LogP contribution in [0.3, 0.4) is 0 Å². The number of nitrogens with two attached hydrogens (primary N) is 1. The van der Waals surface area contributed by atoms with Crippen molar-refractivity contribution in [2.24, 2.45) is 0 Å². The standard InChI is InChI=1S/C18H16F2N4O2/c1-3-22-18(25)17-15(21)10-7-8-11(19)13(16(10)23-24-17)9-5-4-6-12(26-2)14(9)20/h4-8H,3H2,1-2H3,(H2,21,23)(H,22,25). The summed E-state index contributed by atoms with van der Waals surface area (Å²) in [5, 5.41) is 10.6. The topological polar surface area (TPSA) is 90.1 Å². The van der Waals surface area contributed by atoms with Crippen LogP contribution in [0.15, 0.2) is 30.3 Å². The van der Waals surface area contributed by atoms with E-state index in [4.69, 9.17) is 10.5 Å². The number of nitrogen functional groups attached to an aromatic ring is 1. The summed E-state index contributed by atoms with van der Waals surface area (Å²) in [6.07, 6.45) is 0. The molecule has 1 amide bonds. The molecule has 0 saturated heterocycles. The van der Waals surface area contributed by atoms with Crippen molar-refractivity contribution in [2.45, 2.75) is 6.92 Å². The first-order chi connectivity index (χ1) is 12.5. The number of fused-ring (bicyclic) bond motifs is 1. The molecule has 0 spiro atoms. The van der Waals surface area contributed by atoms with Crippen LogP contribution in [0.25, 0.3) is 22.0 Å². The number of anilines is 1. The van der Waals surface area contributed by atoms with E-state index in [1.807, 2.05) is 0 Å². The molecule has 0 atom stereocenters. The number of hydrogen-bond acceptors (Lipinski definition) is 5. The van der Waals surface area contributed by atoms with Gasteiger partial charge < -0.3 is 15.8 Å². The molecule has 0 aliphatic heterocycles. The van der Waals surface area contributed by atoms with Gasteiger partial charge in [-0.2, -0.15) is 0 Å². The van der Waals surface area contributed by atoms with Crippen molar-refractivity contribution in [3.8, 4) is 16.9 Å². The number of hydrogen-bond donors (Lipinski definition) is 2. The van der Waals surface area contributed by atoms with Gasteiger partial charge in [0.2, 0.25) is 0 Å². The largest absolute Gasteiger partial charge is 0.494 e. The summed E-state index contributed by atoms with van der Waals surface area (Å²) in [6, 6.07) is 6.91. The minimum atomic E-state index is -0.727. The van der Waals surface area contributed by atoms with Crippen LogP contribution in [0, 0.1) is 11.6 Å². The Balaban J connectivity index is 2.29. The lowest BCUT2D eigenvalue weighted by atomic mass is 9.99. The fraction of sp³-hybridized carbons (Fsp3) is 0.167. The first-order valence-corrected chi connectivity index (χ1v) is 7.85. The van der Waals surface area contributed by atoms with Crippen molar-refractivity contribution in [2.75, 3.05) is 19.4 Å². The zero-order valence-corrected chi connectivity index (χ0v) is 14.1. The van der Waals surface area contributed by atoms with Gasteiger partial charge in [-0.3, -0.25) is 4.79 Å². The van der Waals surface area contributed by atoms with Crippen molar-refractivity contribution in [1.82, 2.24) is 15.5 Å². The Morgan fingerprint density at radius 3 is 2.69 bits per heavy atom. The number of halogens is 2. The van der Waals surface area contributed by atoms with Gasteiger partial charge in [0.25, 0.3) is 5.91 Å². The third kappa shape index (κ3) is 2.79. The molecule has 1 heterocycles. The third-order valence-electron chi connectivity index (χ3n) is 3.93. The summed E-state index contributed by atoms with van der Waals surface area (Å²) < 4.78 is 34.1. The number of benzene rings is 2. The Hall–Kier alpha value is -3.29. The summed E-state index contributed by atoms with van der Waals surface area (Å²) >= 11 is 0. The minimum Gasteiger partial charge on any atom is -0.494 e. The quantitative estimate of drug-likeness (QED) is 0.748. The van der Waals surface area contributed by atoms with Gasteiger partial charge in [0.1, 0.15) is 11.3 Å². The smallest absolute Gasteiger partial charge is 0.273 e. The van der Waals surface area contributed by atoms with Crippen LogP contribution in [0.2, 0.25) is 0 Å². The average molecular weight is 358 g/mol. The number of carbonyl (C=O) groups excluding carboxylic acids is 1. The number of carbonyl (C=O) groups is 1. The maximum Gasteiger partial charge on any atom is 0.273 e. The molecule has 0 unspecified atom stereocenters. The molecule has 3 aromatic rings. The summed E-state index contributed by atoms with van der Waals surface area (Å²) in [4.78, 5) is 12.0. The second-order valence-corrected chi connectivity index (χ2v) is 5.46. The number of rotatable bonds is 4. The molecule has 2 aromatic carbocycles. The average Bonchev–Trinajstić information content (AvgIpc) is 2.63. The number of nitrogens with one attached hydrogen (secondary N) is 1. The number of methoxy groups -OCH3 is 1. The van der Waals surface area contributed by atoms with Crippen molar-refractivity contribution < 1.29 is 18.3 Å². The van der Waals surface area contributed by atoms with Crippen LogP contribution in [0.4, 0.5) is 14.5 Å². The monoisotopic (exact) mass is 358 g/mol. The maximum atomic E-state index is 14.6. The van der Waals surface area contributed by atoms with Crippen LogP contribution in [-0.2, 0) is 0 Å². The van der Waals surface area contributed by atoms with Crippen molar-refractivity contribution in [3.05, 3.63) is 47.7 Å². The molecule has 134 valence electrons. The van der Waals surface area contributed by atoms with E-state index in [9.17, 15) is 13.6 Å². The molecule has 0 radical (unpaired) electrons. The molecule has 0 bridgehead atoms. The van der Waals surface area contributed by atoms with Crippen LogP contribution < -0.4 is 15.8 Å². The molecule has 0 saturated carbocycles. The summed E-state index contributed by atoms with van der Waals surface area (Å²) in [7, 11) is 1.32.